The van der Waals surface area contributed by atoms with E-state index in [1.54, 1.807) is 0 Å². The normalized spacial score (nSPS) is 11.1. The Balaban J connectivity index is 0.00000115. The SMILES string of the molecule is NCCCCC(N)C(=O)O.O=C(O)CN(CC(=O)O)CC(=O)NCCCCCC(=O)OCc1ccccc1. The molecule has 0 aliphatic rings. The first kappa shape index (κ1) is 34.5. The van der Waals surface area contributed by atoms with Gasteiger partial charge in [0.2, 0.25) is 5.91 Å². The molecule has 1 unspecified atom stereocenters. The summed E-state index contributed by atoms with van der Waals surface area (Å²) in [5.74, 6) is -4.05. The Morgan fingerprint density at radius 2 is 1.50 bits per heavy atom. The number of unbranched alkanes of at least 4 members (excludes halogenated alkanes) is 3. The maximum Gasteiger partial charge on any atom is 0.320 e. The number of carboxylic acids is 3. The van der Waals surface area contributed by atoms with Gasteiger partial charge >= 0.3 is 23.9 Å². The van der Waals surface area contributed by atoms with Crippen LogP contribution < -0.4 is 16.8 Å². The predicted molar refractivity (Wildman–Crippen MR) is 138 cm³/mol. The summed E-state index contributed by atoms with van der Waals surface area (Å²) >= 11 is 0. The number of nitrogens with two attached hydrogens (primary N) is 2. The predicted octanol–water partition coefficient (Wildman–Crippen LogP) is 0.405. The van der Waals surface area contributed by atoms with Gasteiger partial charge in [-0.15, -0.1) is 0 Å². The fourth-order valence-corrected chi connectivity index (χ4v) is 3.05. The van der Waals surface area contributed by atoms with E-state index >= 15 is 0 Å². The highest BCUT2D eigenvalue weighted by Gasteiger charge is 2.16. The maximum atomic E-state index is 11.8. The molecule has 1 aromatic rings. The van der Waals surface area contributed by atoms with Crippen LogP contribution in [-0.4, -0.2) is 88.8 Å². The molecule has 1 atom stereocenters. The van der Waals surface area contributed by atoms with Crippen LogP contribution in [0.3, 0.4) is 0 Å². The number of hydrogen-bond donors (Lipinski definition) is 6. The fraction of sp³-hybridized carbons (Fsp3) is 0.560. The molecule has 0 aromatic heterocycles. The van der Waals surface area contributed by atoms with Crippen molar-refractivity contribution < 1.29 is 44.0 Å². The standard InChI is InChI=1S/C19H26N2O7.C6H14N2O2/c22-16(11-21(12-17(23)24)13-18(25)26)20-10-6-2-5-9-19(27)28-14-15-7-3-1-4-8-15;7-4-2-1-3-5(8)6(9)10/h1,3-4,7-8H,2,5-6,9-14H2,(H,20,22)(H,23,24)(H,25,26);5H,1-4,7-8H2,(H,9,10). The van der Waals surface area contributed by atoms with Gasteiger partial charge in [-0.05, 0) is 37.8 Å². The van der Waals surface area contributed by atoms with E-state index in [9.17, 15) is 24.0 Å². The van der Waals surface area contributed by atoms with Crippen molar-refractivity contribution in [3.8, 4) is 0 Å². The summed E-state index contributed by atoms with van der Waals surface area (Å²) < 4.78 is 5.17. The molecule has 0 saturated heterocycles. The number of ether oxygens (including phenoxy) is 1. The molecule has 0 radical (unpaired) electrons. The summed E-state index contributed by atoms with van der Waals surface area (Å²) in [4.78, 5) is 56.0. The highest BCUT2D eigenvalue weighted by Crippen LogP contribution is 2.05. The van der Waals surface area contributed by atoms with Crippen LogP contribution in [0.15, 0.2) is 30.3 Å². The second-order valence-corrected chi connectivity index (χ2v) is 8.47. The molecule has 1 aromatic carbocycles. The molecule has 1 amide bonds. The lowest BCUT2D eigenvalue weighted by atomic mass is 10.1. The van der Waals surface area contributed by atoms with Crippen LogP contribution >= 0.6 is 0 Å². The van der Waals surface area contributed by atoms with Crippen molar-refractivity contribution in [2.45, 2.75) is 57.6 Å². The van der Waals surface area contributed by atoms with E-state index in [0.29, 0.717) is 45.2 Å². The molecule has 0 saturated carbocycles. The van der Waals surface area contributed by atoms with E-state index in [-0.39, 0.29) is 19.1 Å². The lowest BCUT2D eigenvalue weighted by Crippen LogP contribution is -2.42. The molecule has 0 heterocycles. The minimum atomic E-state index is -1.20. The number of carbonyl (C=O) groups is 5. The average Bonchev–Trinajstić information content (AvgIpc) is 2.85. The molecule has 13 heteroatoms. The number of amides is 1. The van der Waals surface area contributed by atoms with Crippen molar-refractivity contribution in [2.24, 2.45) is 11.5 Å². The first-order chi connectivity index (χ1) is 18.0. The van der Waals surface area contributed by atoms with Crippen molar-refractivity contribution in [1.29, 1.82) is 0 Å². The quantitative estimate of drug-likeness (QED) is 0.104. The molecule has 0 fully saturated rings. The van der Waals surface area contributed by atoms with Crippen molar-refractivity contribution in [2.75, 3.05) is 32.7 Å². The van der Waals surface area contributed by atoms with Gasteiger partial charge in [-0.1, -0.05) is 43.2 Å². The van der Waals surface area contributed by atoms with Gasteiger partial charge in [0.25, 0.3) is 0 Å². The summed E-state index contributed by atoms with van der Waals surface area (Å²) in [5.41, 5.74) is 11.3. The number of benzene rings is 1. The first-order valence-corrected chi connectivity index (χ1v) is 12.4. The molecule has 214 valence electrons. The van der Waals surface area contributed by atoms with Crippen molar-refractivity contribution in [1.82, 2.24) is 10.2 Å². The molecule has 13 nitrogen and oxygen atoms in total. The Labute approximate surface area is 222 Å². The molecule has 0 aliphatic heterocycles. The fourth-order valence-electron chi connectivity index (χ4n) is 3.05. The van der Waals surface area contributed by atoms with E-state index < -0.39 is 42.9 Å². The van der Waals surface area contributed by atoms with Gasteiger partial charge in [0.05, 0.1) is 19.6 Å². The third-order valence-corrected chi connectivity index (χ3v) is 4.99. The number of carboxylic acid groups (broad SMARTS) is 3. The van der Waals surface area contributed by atoms with E-state index in [1.165, 1.54) is 0 Å². The molecule has 8 N–H and O–H groups in total. The number of esters is 1. The Hall–Kier alpha value is -3.55. The van der Waals surface area contributed by atoms with Crippen molar-refractivity contribution in [3.63, 3.8) is 0 Å². The molecule has 1 rings (SSSR count). The zero-order valence-electron chi connectivity index (χ0n) is 21.5. The summed E-state index contributed by atoms with van der Waals surface area (Å²) in [6, 6.07) is 8.68. The molecule has 0 spiro atoms. The molecule has 0 bridgehead atoms. The van der Waals surface area contributed by atoms with Gasteiger partial charge in [0.15, 0.2) is 0 Å². The average molecular weight is 541 g/mol. The number of hydrogen-bond acceptors (Lipinski definition) is 9. The van der Waals surface area contributed by atoms with Crippen LogP contribution in [0, 0.1) is 0 Å². The van der Waals surface area contributed by atoms with Crippen molar-refractivity contribution in [3.05, 3.63) is 35.9 Å². The van der Waals surface area contributed by atoms with Crippen molar-refractivity contribution >= 4 is 29.8 Å². The van der Waals surface area contributed by atoms with E-state index in [0.717, 1.165) is 23.3 Å². The third kappa shape index (κ3) is 20.6. The van der Waals surface area contributed by atoms with Crippen LogP contribution in [-0.2, 0) is 35.3 Å². The Bertz CT molecular complexity index is 836. The highest BCUT2D eigenvalue weighted by atomic mass is 16.5. The van der Waals surface area contributed by atoms with Crippen LogP contribution in [0.4, 0.5) is 0 Å². The van der Waals surface area contributed by atoms with E-state index in [4.69, 9.17) is 31.5 Å². The number of nitrogens with one attached hydrogen (secondary N) is 1. The van der Waals surface area contributed by atoms with E-state index in [1.807, 2.05) is 30.3 Å². The number of rotatable bonds is 19. The van der Waals surface area contributed by atoms with E-state index in [2.05, 4.69) is 5.32 Å². The highest BCUT2D eigenvalue weighted by molar-refractivity contribution is 5.80. The molecular weight excluding hydrogens is 500 g/mol. The summed E-state index contributed by atoms with van der Waals surface area (Å²) in [6.07, 6.45) is 4.46. The first-order valence-electron chi connectivity index (χ1n) is 12.4. The van der Waals surface area contributed by atoms with Crippen LogP contribution in [0.5, 0.6) is 0 Å². The van der Waals surface area contributed by atoms with Gasteiger partial charge in [-0.3, -0.25) is 28.9 Å². The lowest BCUT2D eigenvalue weighted by molar-refractivity contribution is -0.145. The zero-order chi connectivity index (χ0) is 28.8. The molecular formula is C25H40N4O9. The van der Waals surface area contributed by atoms with Crippen LogP contribution in [0.1, 0.15) is 50.5 Å². The number of aliphatic carboxylic acids is 3. The number of nitrogens with zero attached hydrogens (tertiary/aromatic N) is 1. The summed E-state index contributed by atoms with van der Waals surface area (Å²) in [6.45, 7) is -0.128. The Morgan fingerprint density at radius 1 is 0.868 bits per heavy atom. The zero-order valence-corrected chi connectivity index (χ0v) is 21.5. The van der Waals surface area contributed by atoms with Gasteiger partial charge in [0.1, 0.15) is 12.6 Å². The largest absolute Gasteiger partial charge is 0.480 e. The lowest BCUT2D eigenvalue weighted by Gasteiger charge is -2.17. The third-order valence-electron chi connectivity index (χ3n) is 4.99. The smallest absolute Gasteiger partial charge is 0.320 e. The van der Waals surface area contributed by atoms with Gasteiger partial charge < -0.3 is 36.8 Å². The van der Waals surface area contributed by atoms with Gasteiger partial charge in [0, 0.05) is 13.0 Å². The summed E-state index contributed by atoms with van der Waals surface area (Å²) in [5, 5.41) is 28.4. The monoisotopic (exact) mass is 540 g/mol. The van der Waals surface area contributed by atoms with Gasteiger partial charge in [-0.25, -0.2) is 0 Å². The maximum absolute atomic E-state index is 11.8. The Kier molecular flexibility index (Phi) is 19.5. The minimum absolute atomic E-state index is 0.249. The molecule has 38 heavy (non-hydrogen) atoms. The summed E-state index contributed by atoms with van der Waals surface area (Å²) in [7, 11) is 0. The second-order valence-electron chi connectivity index (χ2n) is 8.47. The van der Waals surface area contributed by atoms with Crippen LogP contribution in [0.25, 0.3) is 0 Å². The number of carbonyl (C=O) groups excluding carboxylic acids is 2. The molecule has 0 aliphatic carbocycles. The topological polar surface area (TPSA) is 223 Å². The van der Waals surface area contributed by atoms with Gasteiger partial charge in [-0.2, -0.15) is 0 Å². The Morgan fingerprint density at radius 3 is 2.05 bits per heavy atom. The van der Waals surface area contributed by atoms with Crippen LogP contribution in [0.2, 0.25) is 0 Å². The second kappa shape index (κ2) is 21.5. The minimum Gasteiger partial charge on any atom is -0.480 e.